The van der Waals surface area contributed by atoms with E-state index in [0.29, 0.717) is 12.4 Å². The summed E-state index contributed by atoms with van der Waals surface area (Å²) in [6, 6.07) is 17.7. The first-order valence-corrected chi connectivity index (χ1v) is 9.01. The molecule has 3 rings (SSSR count). The zero-order valence-corrected chi connectivity index (χ0v) is 15.9. The van der Waals surface area contributed by atoms with Gasteiger partial charge in [-0.3, -0.25) is 9.69 Å². The molecule has 2 aromatic carbocycles. The molecule has 6 nitrogen and oxygen atoms in total. The lowest BCUT2D eigenvalue weighted by Gasteiger charge is -2.17. The maximum atomic E-state index is 13.5. The molecule has 0 radical (unpaired) electrons. The van der Waals surface area contributed by atoms with Crippen LogP contribution in [0.5, 0.6) is 5.75 Å². The van der Waals surface area contributed by atoms with Gasteiger partial charge in [0.1, 0.15) is 12.4 Å². The van der Waals surface area contributed by atoms with Crippen LogP contribution >= 0.6 is 0 Å². The first-order chi connectivity index (χ1) is 13.5. The molecule has 0 aliphatic heterocycles. The third-order valence-corrected chi connectivity index (χ3v) is 4.08. The highest BCUT2D eigenvalue weighted by atomic mass is 19.1. The molecule has 3 aromatic rings. The van der Waals surface area contributed by atoms with Crippen LogP contribution in [-0.2, 0) is 4.79 Å². The second-order valence-electron chi connectivity index (χ2n) is 6.48. The van der Waals surface area contributed by atoms with Crippen LogP contribution in [-0.4, -0.2) is 47.3 Å². The van der Waals surface area contributed by atoms with E-state index in [9.17, 15) is 9.18 Å². The Kier molecular flexibility index (Phi) is 6.39. The molecule has 1 aromatic heterocycles. The smallest absolute Gasteiger partial charge is 0.239 e. The number of benzene rings is 2. The van der Waals surface area contributed by atoms with Crippen LogP contribution in [0, 0.1) is 12.7 Å². The Bertz CT molecular complexity index is 927. The van der Waals surface area contributed by atoms with Gasteiger partial charge in [-0.1, -0.05) is 30.3 Å². The Morgan fingerprint density at radius 1 is 1.18 bits per heavy atom. The predicted octanol–water partition coefficient (Wildman–Crippen LogP) is 3.27. The molecule has 0 aliphatic rings. The van der Waals surface area contributed by atoms with Crippen molar-refractivity contribution in [3.8, 4) is 11.4 Å². The number of rotatable bonds is 8. The summed E-state index contributed by atoms with van der Waals surface area (Å²) in [5, 5.41) is 7.33. The van der Waals surface area contributed by atoms with Gasteiger partial charge in [0.15, 0.2) is 11.6 Å². The van der Waals surface area contributed by atoms with E-state index < -0.39 is 5.82 Å². The van der Waals surface area contributed by atoms with Crippen LogP contribution in [0.25, 0.3) is 5.69 Å². The SMILES string of the molecule is Cc1cc(NC(=O)CN(C)CCOc2ccccc2F)n(-c2ccccc2)n1. The van der Waals surface area contributed by atoms with Crippen LogP contribution in [0.15, 0.2) is 60.7 Å². The van der Waals surface area contributed by atoms with Gasteiger partial charge in [0, 0.05) is 12.6 Å². The van der Waals surface area contributed by atoms with Crippen molar-refractivity contribution < 1.29 is 13.9 Å². The molecule has 0 unspecified atom stereocenters. The minimum absolute atomic E-state index is 0.162. The number of anilines is 1. The molecular weight excluding hydrogens is 359 g/mol. The Morgan fingerprint density at radius 2 is 1.89 bits per heavy atom. The third-order valence-electron chi connectivity index (χ3n) is 4.08. The molecule has 0 bridgehead atoms. The highest BCUT2D eigenvalue weighted by Gasteiger charge is 2.13. The van der Waals surface area contributed by atoms with E-state index in [-0.39, 0.29) is 24.8 Å². The lowest BCUT2D eigenvalue weighted by Crippen LogP contribution is -2.33. The molecule has 1 amide bonds. The van der Waals surface area contributed by atoms with Gasteiger partial charge in [0.05, 0.1) is 17.9 Å². The maximum absolute atomic E-state index is 13.5. The average molecular weight is 382 g/mol. The molecule has 28 heavy (non-hydrogen) atoms. The standard InChI is InChI=1S/C21H23FN4O2/c1-16-14-20(26(24-16)17-8-4-3-5-9-17)23-21(27)15-25(2)12-13-28-19-11-7-6-10-18(19)22/h3-11,14H,12-13,15H2,1-2H3,(H,23,27). The number of nitrogens with zero attached hydrogens (tertiary/aromatic N) is 3. The number of carbonyl (C=O) groups is 1. The largest absolute Gasteiger partial charge is 0.489 e. The second kappa shape index (κ2) is 9.14. The van der Waals surface area contributed by atoms with Gasteiger partial charge in [-0.15, -0.1) is 0 Å². The molecule has 0 spiro atoms. The quantitative estimate of drug-likeness (QED) is 0.650. The number of carbonyl (C=O) groups excluding carboxylic acids is 1. The van der Waals surface area contributed by atoms with Gasteiger partial charge in [-0.25, -0.2) is 9.07 Å². The Morgan fingerprint density at radius 3 is 2.64 bits per heavy atom. The van der Waals surface area contributed by atoms with Gasteiger partial charge in [-0.2, -0.15) is 5.10 Å². The fourth-order valence-electron chi connectivity index (χ4n) is 2.73. The van der Waals surface area contributed by atoms with Crippen molar-refractivity contribution in [1.82, 2.24) is 14.7 Å². The topological polar surface area (TPSA) is 59.4 Å². The van der Waals surface area contributed by atoms with Crippen LogP contribution in [0.1, 0.15) is 5.69 Å². The van der Waals surface area contributed by atoms with E-state index in [1.807, 2.05) is 55.3 Å². The third kappa shape index (κ3) is 5.17. The van der Waals surface area contributed by atoms with Crippen LogP contribution in [0.2, 0.25) is 0 Å². The van der Waals surface area contributed by atoms with Gasteiger partial charge in [0.25, 0.3) is 0 Å². The summed E-state index contributed by atoms with van der Waals surface area (Å²) < 4.78 is 20.7. The molecule has 0 aliphatic carbocycles. The number of aryl methyl sites for hydroxylation is 1. The maximum Gasteiger partial charge on any atom is 0.239 e. The summed E-state index contributed by atoms with van der Waals surface area (Å²) in [6.45, 7) is 2.82. The van der Waals surface area contributed by atoms with E-state index in [4.69, 9.17) is 4.74 Å². The summed E-state index contributed by atoms with van der Waals surface area (Å²) in [5.41, 5.74) is 1.68. The molecule has 1 N–H and O–H groups in total. The first-order valence-electron chi connectivity index (χ1n) is 9.01. The van der Waals surface area contributed by atoms with Crippen molar-refractivity contribution in [2.24, 2.45) is 0 Å². The Labute approximate surface area is 163 Å². The van der Waals surface area contributed by atoms with Crippen molar-refractivity contribution in [2.45, 2.75) is 6.92 Å². The van der Waals surface area contributed by atoms with Gasteiger partial charge in [0.2, 0.25) is 5.91 Å². The number of nitrogens with one attached hydrogen (secondary N) is 1. The molecule has 0 fully saturated rings. The zero-order chi connectivity index (χ0) is 19.9. The van der Waals surface area contributed by atoms with Crippen molar-refractivity contribution in [1.29, 1.82) is 0 Å². The average Bonchev–Trinajstić information content (AvgIpc) is 3.04. The van der Waals surface area contributed by atoms with Gasteiger partial charge in [-0.05, 0) is 38.2 Å². The number of hydrogen-bond acceptors (Lipinski definition) is 4. The molecular formula is C21H23FN4O2. The van der Waals surface area contributed by atoms with Crippen LogP contribution < -0.4 is 10.1 Å². The minimum atomic E-state index is -0.396. The summed E-state index contributed by atoms with van der Waals surface area (Å²) in [5.74, 6) is 0.269. The summed E-state index contributed by atoms with van der Waals surface area (Å²) in [7, 11) is 1.81. The lowest BCUT2D eigenvalue weighted by molar-refractivity contribution is -0.117. The van der Waals surface area contributed by atoms with E-state index in [1.165, 1.54) is 6.07 Å². The Hall–Kier alpha value is -3.19. The molecule has 0 saturated heterocycles. The Balaban J connectivity index is 1.52. The number of halogens is 1. The van der Waals surface area contributed by atoms with Crippen molar-refractivity contribution in [3.63, 3.8) is 0 Å². The van der Waals surface area contributed by atoms with E-state index >= 15 is 0 Å². The molecule has 0 atom stereocenters. The minimum Gasteiger partial charge on any atom is -0.489 e. The summed E-state index contributed by atoms with van der Waals surface area (Å²) in [6.07, 6.45) is 0. The number of likely N-dealkylation sites (N-methyl/N-ethyl adjacent to an activating group) is 1. The molecule has 146 valence electrons. The normalized spacial score (nSPS) is 10.9. The predicted molar refractivity (Wildman–Crippen MR) is 106 cm³/mol. The first kappa shape index (κ1) is 19.6. The van der Waals surface area contributed by atoms with Crippen molar-refractivity contribution >= 4 is 11.7 Å². The van der Waals surface area contributed by atoms with Gasteiger partial charge >= 0.3 is 0 Å². The van der Waals surface area contributed by atoms with Gasteiger partial charge < -0.3 is 10.1 Å². The van der Waals surface area contributed by atoms with Crippen molar-refractivity contribution in [3.05, 3.63) is 72.2 Å². The van der Waals surface area contributed by atoms with E-state index in [2.05, 4.69) is 10.4 Å². The highest BCUT2D eigenvalue weighted by molar-refractivity contribution is 5.91. The van der Waals surface area contributed by atoms with Crippen molar-refractivity contribution in [2.75, 3.05) is 32.1 Å². The second-order valence-corrected chi connectivity index (χ2v) is 6.48. The number of aromatic nitrogens is 2. The molecule has 0 saturated carbocycles. The number of ether oxygens (including phenoxy) is 1. The fraction of sp³-hybridized carbons (Fsp3) is 0.238. The lowest BCUT2D eigenvalue weighted by atomic mass is 10.3. The van der Waals surface area contributed by atoms with E-state index in [1.54, 1.807) is 22.9 Å². The number of para-hydroxylation sites is 2. The highest BCUT2D eigenvalue weighted by Crippen LogP contribution is 2.17. The van der Waals surface area contributed by atoms with Crippen LogP contribution in [0.3, 0.4) is 0 Å². The molecule has 7 heteroatoms. The van der Waals surface area contributed by atoms with Crippen LogP contribution in [0.4, 0.5) is 10.2 Å². The summed E-state index contributed by atoms with van der Waals surface area (Å²) in [4.78, 5) is 14.2. The number of hydrogen-bond donors (Lipinski definition) is 1. The summed E-state index contributed by atoms with van der Waals surface area (Å²) >= 11 is 0. The van der Waals surface area contributed by atoms with E-state index in [0.717, 1.165) is 11.4 Å². The monoisotopic (exact) mass is 382 g/mol. The number of amides is 1. The zero-order valence-electron chi connectivity index (χ0n) is 15.9. The molecule has 1 heterocycles. The fourth-order valence-corrected chi connectivity index (χ4v) is 2.73.